The van der Waals surface area contributed by atoms with E-state index >= 15 is 0 Å². The normalized spacial score (nSPS) is 20.0. The number of carbonyl (C=O) groups is 2. The van der Waals surface area contributed by atoms with E-state index in [1.54, 1.807) is 17.9 Å². The number of carbonyl (C=O) groups excluding carboxylic acids is 2. The molecule has 26 heavy (non-hydrogen) atoms. The van der Waals surface area contributed by atoms with Gasteiger partial charge in [-0.2, -0.15) is 0 Å². The summed E-state index contributed by atoms with van der Waals surface area (Å²) in [7, 11) is 0. The lowest BCUT2D eigenvalue weighted by Crippen LogP contribution is -2.59. The van der Waals surface area contributed by atoms with E-state index in [0.29, 0.717) is 44.7 Å². The topological polar surface area (TPSA) is 52.7 Å². The molecule has 1 aliphatic carbocycles. The van der Waals surface area contributed by atoms with E-state index in [-0.39, 0.29) is 16.8 Å². The molecule has 2 amide bonds. The van der Waals surface area contributed by atoms with Crippen LogP contribution >= 0.6 is 11.6 Å². The maximum Gasteiger partial charge on any atom is 0.248 e. The number of nitrogens with zero attached hydrogens (tertiary/aromatic N) is 2. The summed E-state index contributed by atoms with van der Waals surface area (Å²) in [5, 5.41) is 3.37. The second kappa shape index (κ2) is 7.82. The molecule has 7 heteroatoms. The van der Waals surface area contributed by atoms with Gasteiger partial charge in [-0.25, -0.2) is 4.39 Å². The molecule has 0 aromatic heterocycles. The first-order valence-corrected chi connectivity index (χ1v) is 9.39. The highest BCUT2D eigenvalue weighted by molar-refractivity contribution is 6.31. The van der Waals surface area contributed by atoms with Crippen molar-refractivity contribution in [2.45, 2.75) is 38.1 Å². The molecule has 0 spiro atoms. The van der Waals surface area contributed by atoms with E-state index < -0.39 is 11.4 Å². The highest BCUT2D eigenvalue weighted by atomic mass is 35.5. The summed E-state index contributed by atoms with van der Waals surface area (Å²) in [5.74, 6) is -0.401. The molecule has 0 bridgehead atoms. The molecule has 3 rings (SSSR count). The Bertz CT molecular complexity index is 683. The molecule has 1 aromatic carbocycles. The summed E-state index contributed by atoms with van der Waals surface area (Å²) in [4.78, 5) is 28.4. The lowest BCUT2D eigenvalue weighted by atomic mass is 9.80. The van der Waals surface area contributed by atoms with Gasteiger partial charge in [-0.1, -0.05) is 18.0 Å². The van der Waals surface area contributed by atoms with Crippen LogP contribution in [0, 0.1) is 12.2 Å². The predicted octanol–water partition coefficient (Wildman–Crippen LogP) is 3.10. The Morgan fingerprint density at radius 3 is 2.46 bits per heavy atom. The van der Waals surface area contributed by atoms with Crippen molar-refractivity contribution in [3.05, 3.63) is 35.5 Å². The minimum Gasteiger partial charge on any atom is -0.371 e. The van der Waals surface area contributed by atoms with Crippen LogP contribution in [0.5, 0.6) is 0 Å². The van der Waals surface area contributed by atoms with Crippen LogP contribution in [0.4, 0.5) is 10.1 Å². The molecule has 1 unspecified atom stereocenters. The summed E-state index contributed by atoms with van der Waals surface area (Å²) in [6.45, 7) is 3.74. The molecule has 1 aliphatic heterocycles. The maximum absolute atomic E-state index is 13.5. The van der Waals surface area contributed by atoms with Crippen molar-refractivity contribution >= 4 is 29.1 Å². The Hall–Kier alpha value is -1.82. The molecular formula is C19H24ClFN3O2. The minimum absolute atomic E-state index is 0.0347. The molecule has 5 nitrogen and oxygen atoms in total. The van der Waals surface area contributed by atoms with Crippen molar-refractivity contribution in [1.82, 2.24) is 9.80 Å². The van der Waals surface area contributed by atoms with E-state index in [1.807, 2.05) is 4.90 Å². The van der Waals surface area contributed by atoms with Crippen molar-refractivity contribution in [2.75, 3.05) is 31.5 Å². The average molecular weight is 381 g/mol. The number of anilines is 1. The smallest absolute Gasteiger partial charge is 0.248 e. The van der Waals surface area contributed by atoms with Gasteiger partial charge in [-0.3, -0.25) is 9.59 Å². The number of halogens is 2. The highest BCUT2D eigenvalue weighted by Gasteiger charge is 2.43. The van der Waals surface area contributed by atoms with Crippen LogP contribution in [-0.2, 0) is 9.59 Å². The van der Waals surface area contributed by atoms with Crippen molar-refractivity contribution in [3.8, 4) is 0 Å². The fraction of sp³-hybridized carbons (Fsp3) is 0.526. The van der Waals surface area contributed by atoms with E-state index in [9.17, 15) is 14.0 Å². The first kappa shape index (κ1) is 19.0. The zero-order valence-corrected chi connectivity index (χ0v) is 15.7. The third-order valence-electron chi connectivity index (χ3n) is 5.23. The van der Waals surface area contributed by atoms with Gasteiger partial charge in [0.15, 0.2) is 0 Å². The van der Waals surface area contributed by atoms with Crippen LogP contribution in [0.2, 0.25) is 5.02 Å². The molecule has 1 N–H and O–H groups in total. The summed E-state index contributed by atoms with van der Waals surface area (Å²) < 4.78 is 13.5. The van der Waals surface area contributed by atoms with E-state index in [1.165, 1.54) is 12.1 Å². The second-order valence-corrected chi connectivity index (χ2v) is 7.43. The molecule has 2 fully saturated rings. The van der Waals surface area contributed by atoms with Gasteiger partial charge in [-0.05, 0) is 43.9 Å². The molecular weight excluding hydrogens is 357 g/mol. The minimum atomic E-state index is -0.738. The standard InChI is InChI=1S/C19H24ClFN3O2/c1-14(25)23-9-11-24(12-10-23)18(26)19(7-3-2-4-8-19)22-15-5-6-17(21)16(20)13-15/h3,5-6,13,22H,2,4,7-12H2,1H3. The summed E-state index contributed by atoms with van der Waals surface area (Å²) >= 11 is 5.90. The van der Waals surface area contributed by atoms with Crippen LogP contribution in [0.25, 0.3) is 0 Å². The van der Waals surface area contributed by atoms with Crippen LogP contribution in [-0.4, -0.2) is 53.3 Å². The van der Waals surface area contributed by atoms with Gasteiger partial charge in [0.1, 0.15) is 11.4 Å². The Morgan fingerprint density at radius 2 is 1.88 bits per heavy atom. The molecule has 1 heterocycles. The Morgan fingerprint density at radius 1 is 1.19 bits per heavy atom. The van der Waals surface area contributed by atoms with E-state index in [2.05, 4.69) is 11.7 Å². The lowest BCUT2D eigenvalue weighted by Gasteiger charge is -2.43. The Labute approximate surface area is 158 Å². The molecule has 1 saturated heterocycles. The predicted molar refractivity (Wildman–Crippen MR) is 99.4 cm³/mol. The lowest BCUT2D eigenvalue weighted by molar-refractivity contribution is -0.142. The van der Waals surface area contributed by atoms with E-state index in [4.69, 9.17) is 11.6 Å². The Balaban J connectivity index is 1.77. The SMILES string of the molecule is CC(=O)N1CCN(C(=O)C2(Nc3ccc(F)c(Cl)c3)C[CH]CCC2)CC1. The third-order valence-corrected chi connectivity index (χ3v) is 5.52. The monoisotopic (exact) mass is 380 g/mol. The summed E-state index contributed by atoms with van der Waals surface area (Å²) in [6.07, 6.45) is 5.36. The van der Waals surface area contributed by atoms with Gasteiger partial charge in [0.2, 0.25) is 11.8 Å². The number of rotatable bonds is 3. The van der Waals surface area contributed by atoms with Gasteiger partial charge >= 0.3 is 0 Å². The van der Waals surface area contributed by atoms with Crippen molar-refractivity contribution in [3.63, 3.8) is 0 Å². The number of benzene rings is 1. The quantitative estimate of drug-likeness (QED) is 0.876. The summed E-state index contributed by atoms with van der Waals surface area (Å²) in [5.41, 5.74) is -0.0972. The van der Waals surface area contributed by atoms with Crippen LogP contribution in [0.1, 0.15) is 32.6 Å². The molecule has 1 radical (unpaired) electrons. The van der Waals surface area contributed by atoms with Crippen LogP contribution in [0.3, 0.4) is 0 Å². The number of amides is 2. The fourth-order valence-electron chi connectivity index (χ4n) is 3.74. The van der Waals surface area contributed by atoms with Gasteiger partial charge in [0, 0.05) is 38.8 Å². The van der Waals surface area contributed by atoms with Gasteiger partial charge in [-0.15, -0.1) is 0 Å². The number of hydrogen-bond donors (Lipinski definition) is 1. The molecule has 1 atom stereocenters. The zero-order valence-electron chi connectivity index (χ0n) is 14.9. The fourth-order valence-corrected chi connectivity index (χ4v) is 3.92. The first-order valence-electron chi connectivity index (χ1n) is 9.01. The third kappa shape index (κ3) is 3.95. The van der Waals surface area contributed by atoms with Gasteiger partial charge < -0.3 is 15.1 Å². The second-order valence-electron chi connectivity index (χ2n) is 7.02. The number of piperazine rings is 1. The molecule has 141 valence electrons. The molecule has 1 saturated carbocycles. The molecule has 2 aliphatic rings. The maximum atomic E-state index is 13.5. The van der Waals surface area contributed by atoms with Crippen LogP contribution in [0.15, 0.2) is 18.2 Å². The molecule has 1 aromatic rings. The zero-order chi connectivity index (χ0) is 18.7. The number of hydrogen-bond acceptors (Lipinski definition) is 3. The average Bonchev–Trinajstić information content (AvgIpc) is 2.65. The van der Waals surface area contributed by atoms with Gasteiger partial charge in [0.25, 0.3) is 0 Å². The highest BCUT2D eigenvalue weighted by Crippen LogP contribution is 2.34. The van der Waals surface area contributed by atoms with Crippen molar-refractivity contribution < 1.29 is 14.0 Å². The van der Waals surface area contributed by atoms with Gasteiger partial charge in [0.05, 0.1) is 5.02 Å². The van der Waals surface area contributed by atoms with Crippen molar-refractivity contribution in [1.29, 1.82) is 0 Å². The van der Waals surface area contributed by atoms with Crippen LogP contribution < -0.4 is 5.32 Å². The van der Waals surface area contributed by atoms with E-state index in [0.717, 1.165) is 12.8 Å². The van der Waals surface area contributed by atoms with Crippen molar-refractivity contribution in [2.24, 2.45) is 0 Å². The summed E-state index contributed by atoms with van der Waals surface area (Å²) in [6, 6.07) is 4.44. The number of nitrogens with one attached hydrogen (secondary N) is 1. The first-order chi connectivity index (χ1) is 12.4. The largest absolute Gasteiger partial charge is 0.371 e. The Kier molecular flexibility index (Phi) is 5.70.